The van der Waals surface area contributed by atoms with Crippen molar-refractivity contribution in [2.24, 2.45) is 5.73 Å². The fraction of sp³-hybridized carbons (Fsp3) is 0.368. The number of nitrogens with one attached hydrogen (secondary N) is 2. The molecule has 1 atom stereocenters. The van der Waals surface area contributed by atoms with E-state index in [0.717, 1.165) is 35.4 Å². The van der Waals surface area contributed by atoms with E-state index in [1.54, 1.807) is 12.1 Å². The SMILES string of the molecule is Cc1cccc(C(=O)O)c1NCC1(N)CCN(c2ncnc3n[nH]c(C)c23)C1. The number of nitrogens with two attached hydrogens (primary N) is 1. The number of aromatic nitrogens is 4. The summed E-state index contributed by atoms with van der Waals surface area (Å²) in [5.41, 5.74) is 9.46. The van der Waals surface area contributed by atoms with Crippen molar-refractivity contribution in [1.29, 1.82) is 0 Å². The molecule has 1 aliphatic heterocycles. The minimum atomic E-state index is -0.955. The van der Waals surface area contributed by atoms with Crippen molar-refractivity contribution in [3.05, 3.63) is 41.3 Å². The molecule has 0 amide bonds. The number of anilines is 2. The number of aromatic amines is 1. The van der Waals surface area contributed by atoms with Crippen molar-refractivity contribution < 1.29 is 9.90 Å². The van der Waals surface area contributed by atoms with Crippen molar-refractivity contribution in [3.8, 4) is 0 Å². The summed E-state index contributed by atoms with van der Waals surface area (Å²) in [4.78, 5) is 22.3. The number of fused-ring (bicyclic) bond motifs is 1. The number of hydrogen-bond donors (Lipinski definition) is 4. The van der Waals surface area contributed by atoms with Gasteiger partial charge in [-0.1, -0.05) is 12.1 Å². The van der Waals surface area contributed by atoms with E-state index in [9.17, 15) is 9.90 Å². The third-order valence-electron chi connectivity index (χ3n) is 5.32. The average molecular weight is 381 g/mol. The lowest BCUT2D eigenvalue weighted by Gasteiger charge is -2.27. The third kappa shape index (κ3) is 3.13. The van der Waals surface area contributed by atoms with Gasteiger partial charge < -0.3 is 21.1 Å². The van der Waals surface area contributed by atoms with E-state index < -0.39 is 11.5 Å². The van der Waals surface area contributed by atoms with Gasteiger partial charge in [0.25, 0.3) is 0 Å². The highest BCUT2D eigenvalue weighted by molar-refractivity contribution is 5.95. The second-order valence-electron chi connectivity index (χ2n) is 7.43. The molecule has 0 radical (unpaired) electrons. The van der Waals surface area contributed by atoms with Gasteiger partial charge in [0, 0.05) is 25.3 Å². The van der Waals surface area contributed by atoms with Gasteiger partial charge in [-0.15, -0.1) is 0 Å². The van der Waals surface area contributed by atoms with E-state index in [1.165, 1.54) is 6.33 Å². The van der Waals surface area contributed by atoms with Crippen LogP contribution in [0.15, 0.2) is 24.5 Å². The number of carboxylic acid groups (broad SMARTS) is 1. The van der Waals surface area contributed by atoms with Gasteiger partial charge in [0.05, 0.1) is 22.2 Å². The Bertz CT molecular complexity index is 1050. The summed E-state index contributed by atoms with van der Waals surface area (Å²) in [6.07, 6.45) is 2.27. The van der Waals surface area contributed by atoms with Gasteiger partial charge in [-0.25, -0.2) is 14.8 Å². The first-order chi connectivity index (χ1) is 13.4. The number of carboxylic acids is 1. The van der Waals surface area contributed by atoms with E-state index in [4.69, 9.17) is 5.73 Å². The van der Waals surface area contributed by atoms with Crippen molar-refractivity contribution in [3.63, 3.8) is 0 Å². The van der Waals surface area contributed by atoms with Gasteiger partial charge >= 0.3 is 5.97 Å². The average Bonchev–Trinajstić information content (AvgIpc) is 3.24. The smallest absolute Gasteiger partial charge is 0.337 e. The molecule has 9 heteroatoms. The highest BCUT2D eigenvalue weighted by atomic mass is 16.4. The summed E-state index contributed by atoms with van der Waals surface area (Å²) in [7, 11) is 0. The highest BCUT2D eigenvalue weighted by Gasteiger charge is 2.36. The second kappa shape index (κ2) is 6.75. The summed E-state index contributed by atoms with van der Waals surface area (Å²) in [6, 6.07) is 5.23. The number of carbonyl (C=O) groups is 1. The fourth-order valence-corrected chi connectivity index (χ4v) is 3.79. The van der Waals surface area contributed by atoms with Crippen molar-refractivity contribution in [2.45, 2.75) is 25.8 Å². The Morgan fingerprint density at radius 3 is 3.00 bits per heavy atom. The summed E-state index contributed by atoms with van der Waals surface area (Å²) in [5, 5.41) is 20.8. The van der Waals surface area contributed by atoms with Gasteiger partial charge in [-0.2, -0.15) is 5.10 Å². The molecule has 0 bridgehead atoms. The van der Waals surface area contributed by atoms with Crippen molar-refractivity contribution in [2.75, 3.05) is 29.9 Å². The first-order valence-corrected chi connectivity index (χ1v) is 9.14. The number of hydrogen-bond acceptors (Lipinski definition) is 7. The zero-order valence-corrected chi connectivity index (χ0v) is 15.9. The Balaban J connectivity index is 1.54. The first-order valence-electron chi connectivity index (χ1n) is 9.14. The van der Waals surface area contributed by atoms with E-state index in [0.29, 0.717) is 24.4 Å². The van der Waals surface area contributed by atoms with Crippen molar-refractivity contribution >= 4 is 28.5 Å². The molecule has 4 rings (SSSR count). The number of H-pyrrole nitrogens is 1. The number of nitrogens with zero attached hydrogens (tertiary/aromatic N) is 4. The van der Waals surface area contributed by atoms with Crippen LogP contribution in [0, 0.1) is 13.8 Å². The maximum absolute atomic E-state index is 11.5. The topological polar surface area (TPSA) is 133 Å². The number of para-hydroxylation sites is 1. The number of rotatable bonds is 5. The predicted octanol–water partition coefficient (Wildman–Crippen LogP) is 1.69. The molecule has 28 heavy (non-hydrogen) atoms. The van der Waals surface area contributed by atoms with Crippen LogP contribution in [0.2, 0.25) is 0 Å². The van der Waals surface area contributed by atoms with Crippen LogP contribution in [-0.2, 0) is 0 Å². The van der Waals surface area contributed by atoms with Crippen LogP contribution in [0.3, 0.4) is 0 Å². The molecule has 3 heterocycles. The van der Waals surface area contributed by atoms with Crippen LogP contribution in [0.25, 0.3) is 11.0 Å². The molecule has 0 aliphatic carbocycles. The Kier molecular flexibility index (Phi) is 4.38. The van der Waals surface area contributed by atoms with E-state index >= 15 is 0 Å². The van der Waals surface area contributed by atoms with Crippen LogP contribution in [-0.4, -0.2) is 56.4 Å². The summed E-state index contributed by atoms with van der Waals surface area (Å²) in [6.45, 7) is 5.66. The maximum Gasteiger partial charge on any atom is 0.337 e. The highest BCUT2D eigenvalue weighted by Crippen LogP contribution is 2.30. The van der Waals surface area contributed by atoms with Gasteiger partial charge in [0.1, 0.15) is 12.1 Å². The monoisotopic (exact) mass is 381 g/mol. The minimum Gasteiger partial charge on any atom is -0.478 e. The van der Waals surface area contributed by atoms with Crippen LogP contribution < -0.4 is 16.0 Å². The first kappa shape index (κ1) is 18.2. The number of aromatic carboxylic acids is 1. The minimum absolute atomic E-state index is 0.255. The molecule has 1 aliphatic rings. The normalized spacial score (nSPS) is 19.3. The standard InChI is InChI=1S/C19H23N7O2/c1-11-4-3-5-13(18(27)28)15(11)21-8-19(20)6-7-26(9-19)17-14-12(2)24-25-16(14)22-10-23-17/h3-5,10,21H,6-9,20H2,1-2H3,(H,27,28)(H,22,23,24,25). The lowest BCUT2D eigenvalue weighted by atomic mass is 9.99. The van der Waals surface area contributed by atoms with Crippen LogP contribution in [0.4, 0.5) is 11.5 Å². The second-order valence-corrected chi connectivity index (χ2v) is 7.43. The van der Waals surface area contributed by atoms with Crippen LogP contribution >= 0.6 is 0 Å². The Morgan fingerprint density at radius 1 is 1.39 bits per heavy atom. The number of aryl methyl sites for hydroxylation is 2. The fourth-order valence-electron chi connectivity index (χ4n) is 3.79. The van der Waals surface area contributed by atoms with Gasteiger partial charge in [0.2, 0.25) is 0 Å². The zero-order chi connectivity index (χ0) is 19.9. The van der Waals surface area contributed by atoms with Crippen molar-refractivity contribution in [1.82, 2.24) is 20.2 Å². The number of benzene rings is 1. The maximum atomic E-state index is 11.5. The Labute approximate surface area is 162 Å². The Morgan fingerprint density at radius 2 is 2.21 bits per heavy atom. The van der Waals surface area contributed by atoms with Gasteiger partial charge in [-0.05, 0) is 31.9 Å². The molecule has 3 aromatic rings. The van der Waals surface area contributed by atoms with E-state index in [2.05, 4.69) is 30.4 Å². The molecular formula is C19H23N7O2. The van der Waals surface area contributed by atoms with E-state index in [-0.39, 0.29) is 5.56 Å². The van der Waals surface area contributed by atoms with Gasteiger partial charge in [-0.3, -0.25) is 5.10 Å². The molecule has 1 unspecified atom stereocenters. The summed E-state index contributed by atoms with van der Waals surface area (Å²) < 4.78 is 0. The quantitative estimate of drug-likeness (QED) is 0.525. The molecule has 9 nitrogen and oxygen atoms in total. The molecule has 1 aromatic carbocycles. The summed E-state index contributed by atoms with van der Waals surface area (Å²) in [5.74, 6) is -0.130. The summed E-state index contributed by atoms with van der Waals surface area (Å²) >= 11 is 0. The molecular weight excluding hydrogens is 358 g/mol. The largest absolute Gasteiger partial charge is 0.478 e. The zero-order valence-electron chi connectivity index (χ0n) is 15.9. The molecule has 0 saturated carbocycles. The molecule has 1 fully saturated rings. The lowest BCUT2D eigenvalue weighted by molar-refractivity contribution is 0.0697. The predicted molar refractivity (Wildman–Crippen MR) is 107 cm³/mol. The van der Waals surface area contributed by atoms with Crippen LogP contribution in [0.5, 0.6) is 0 Å². The lowest BCUT2D eigenvalue weighted by Crippen LogP contribution is -2.49. The van der Waals surface area contributed by atoms with Gasteiger partial charge in [0.15, 0.2) is 5.65 Å². The van der Waals surface area contributed by atoms with Crippen LogP contribution in [0.1, 0.15) is 28.0 Å². The molecule has 146 valence electrons. The van der Waals surface area contributed by atoms with E-state index in [1.807, 2.05) is 19.9 Å². The molecule has 0 spiro atoms. The molecule has 5 N–H and O–H groups in total. The molecule has 2 aromatic heterocycles. The Hall–Kier alpha value is -3.20. The third-order valence-corrected chi connectivity index (χ3v) is 5.32. The molecule has 1 saturated heterocycles.